The zero-order valence-electron chi connectivity index (χ0n) is 7.76. The second-order valence-electron chi connectivity index (χ2n) is 3.49. The molecule has 1 atom stereocenters. The highest BCUT2D eigenvalue weighted by Gasteiger charge is 2.20. The van der Waals surface area contributed by atoms with Crippen LogP contribution in [0.15, 0.2) is 24.3 Å². The lowest BCUT2D eigenvalue weighted by atomic mass is 10.3. The Balaban J connectivity index is 2.11. The van der Waals surface area contributed by atoms with E-state index in [0.717, 1.165) is 30.5 Å². The first-order chi connectivity index (χ1) is 6.95. The molecule has 1 unspecified atom stereocenters. The molecular formula is C10H11N3O. The van der Waals surface area contributed by atoms with E-state index < -0.39 is 0 Å². The van der Waals surface area contributed by atoms with Gasteiger partial charge in [0, 0.05) is 6.61 Å². The summed E-state index contributed by atoms with van der Waals surface area (Å²) in [5.74, 6) is 0. The lowest BCUT2D eigenvalue weighted by Gasteiger charge is -2.09. The molecule has 2 aromatic rings. The maximum atomic E-state index is 5.57. The second kappa shape index (κ2) is 3.06. The fourth-order valence-corrected chi connectivity index (χ4v) is 1.85. The molecule has 14 heavy (non-hydrogen) atoms. The molecule has 72 valence electrons. The quantitative estimate of drug-likeness (QED) is 0.686. The number of rotatable bonds is 1. The Bertz CT molecular complexity index is 445. The molecule has 0 bridgehead atoms. The van der Waals surface area contributed by atoms with Crippen molar-refractivity contribution in [2.75, 3.05) is 6.61 Å². The minimum Gasteiger partial charge on any atom is -0.356 e. The van der Waals surface area contributed by atoms with Crippen molar-refractivity contribution in [3.8, 4) is 0 Å². The largest absolute Gasteiger partial charge is 0.356 e. The van der Waals surface area contributed by atoms with Crippen molar-refractivity contribution in [3.63, 3.8) is 0 Å². The van der Waals surface area contributed by atoms with Crippen LogP contribution in [0.1, 0.15) is 19.1 Å². The Morgan fingerprint density at radius 2 is 2.29 bits per heavy atom. The third-order valence-electron chi connectivity index (χ3n) is 2.56. The standard InChI is InChI=1S/C10H11N3O/c1-2-5-9-8(4-1)11-12-13(9)10-6-3-7-14-10/h1-2,4-5,10H,3,6-7H2. The molecule has 1 aromatic heterocycles. The van der Waals surface area contributed by atoms with E-state index in [4.69, 9.17) is 4.74 Å². The number of hydrogen-bond acceptors (Lipinski definition) is 3. The van der Waals surface area contributed by atoms with E-state index in [1.165, 1.54) is 0 Å². The van der Waals surface area contributed by atoms with Gasteiger partial charge in [-0.1, -0.05) is 17.3 Å². The minimum absolute atomic E-state index is 0.0856. The summed E-state index contributed by atoms with van der Waals surface area (Å²) in [7, 11) is 0. The number of fused-ring (bicyclic) bond motifs is 1. The first-order valence-electron chi connectivity index (χ1n) is 4.87. The highest BCUT2D eigenvalue weighted by molar-refractivity contribution is 5.73. The van der Waals surface area contributed by atoms with E-state index in [0.29, 0.717) is 0 Å². The molecule has 2 heterocycles. The summed E-state index contributed by atoms with van der Waals surface area (Å²) in [6.07, 6.45) is 2.23. The van der Waals surface area contributed by atoms with Crippen LogP contribution in [0.2, 0.25) is 0 Å². The van der Waals surface area contributed by atoms with Crippen LogP contribution >= 0.6 is 0 Å². The Labute approximate surface area is 81.5 Å². The summed E-state index contributed by atoms with van der Waals surface area (Å²) in [5, 5.41) is 8.22. The van der Waals surface area contributed by atoms with Gasteiger partial charge in [0.15, 0.2) is 6.23 Å². The Kier molecular flexibility index (Phi) is 1.73. The first kappa shape index (κ1) is 7.94. The van der Waals surface area contributed by atoms with Crippen LogP contribution in [0, 0.1) is 0 Å². The van der Waals surface area contributed by atoms with E-state index >= 15 is 0 Å². The summed E-state index contributed by atoms with van der Waals surface area (Å²) in [6.45, 7) is 0.832. The van der Waals surface area contributed by atoms with Gasteiger partial charge < -0.3 is 4.74 Å². The Morgan fingerprint density at radius 1 is 1.36 bits per heavy atom. The van der Waals surface area contributed by atoms with E-state index in [2.05, 4.69) is 10.3 Å². The van der Waals surface area contributed by atoms with Crippen molar-refractivity contribution in [2.45, 2.75) is 19.1 Å². The minimum atomic E-state index is 0.0856. The summed E-state index contributed by atoms with van der Waals surface area (Å²) in [4.78, 5) is 0. The van der Waals surface area contributed by atoms with Gasteiger partial charge in [-0.2, -0.15) is 0 Å². The van der Waals surface area contributed by atoms with Crippen LogP contribution in [0.25, 0.3) is 11.0 Å². The van der Waals surface area contributed by atoms with Crippen LogP contribution in [0.4, 0.5) is 0 Å². The molecule has 1 aliphatic rings. The summed E-state index contributed by atoms with van der Waals surface area (Å²) >= 11 is 0. The van der Waals surface area contributed by atoms with Gasteiger partial charge in [0.2, 0.25) is 0 Å². The topological polar surface area (TPSA) is 39.9 Å². The lowest BCUT2D eigenvalue weighted by molar-refractivity contribution is 0.0488. The van der Waals surface area contributed by atoms with E-state index in [-0.39, 0.29) is 6.23 Å². The van der Waals surface area contributed by atoms with Crippen LogP contribution in [-0.2, 0) is 4.74 Å². The Morgan fingerprint density at radius 3 is 3.14 bits per heavy atom. The zero-order valence-corrected chi connectivity index (χ0v) is 7.76. The maximum absolute atomic E-state index is 5.57. The molecule has 4 heteroatoms. The fourth-order valence-electron chi connectivity index (χ4n) is 1.85. The predicted molar refractivity (Wildman–Crippen MR) is 51.8 cm³/mol. The summed E-state index contributed by atoms with van der Waals surface area (Å²) < 4.78 is 7.44. The van der Waals surface area contributed by atoms with Gasteiger partial charge in [-0.15, -0.1) is 5.10 Å². The number of benzene rings is 1. The number of ether oxygens (including phenoxy) is 1. The van der Waals surface area contributed by atoms with Gasteiger partial charge in [-0.25, -0.2) is 4.68 Å². The van der Waals surface area contributed by atoms with E-state index in [1.54, 1.807) is 0 Å². The maximum Gasteiger partial charge on any atom is 0.152 e. The smallest absolute Gasteiger partial charge is 0.152 e. The van der Waals surface area contributed by atoms with Gasteiger partial charge in [0.25, 0.3) is 0 Å². The highest BCUT2D eigenvalue weighted by Crippen LogP contribution is 2.25. The SMILES string of the molecule is c1ccc2c(c1)nnn2C1CCCO1. The molecule has 1 fully saturated rings. The average Bonchev–Trinajstić information content (AvgIpc) is 2.85. The molecule has 0 N–H and O–H groups in total. The van der Waals surface area contributed by atoms with Crippen LogP contribution in [0.3, 0.4) is 0 Å². The molecule has 4 nitrogen and oxygen atoms in total. The third kappa shape index (κ3) is 1.11. The molecule has 0 aliphatic carbocycles. The molecule has 0 spiro atoms. The van der Waals surface area contributed by atoms with Gasteiger partial charge in [-0.05, 0) is 25.0 Å². The highest BCUT2D eigenvalue weighted by atomic mass is 16.5. The molecule has 1 saturated heterocycles. The fraction of sp³-hybridized carbons (Fsp3) is 0.400. The number of aromatic nitrogens is 3. The number of hydrogen-bond donors (Lipinski definition) is 0. The van der Waals surface area contributed by atoms with Crippen LogP contribution in [0.5, 0.6) is 0 Å². The van der Waals surface area contributed by atoms with Crippen molar-refractivity contribution in [1.82, 2.24) is 15.0 Å². The van der Waals surface area contributed by atoms with E-state index in [1.807, 2.05) is 28.9 Å². The number of para-hydroxylation sites is 1. The van der Waals surface area contributed by atoms with Crippen molar-refractivity contribution < 1.29 is 4.74 Å². The first-order valence-corrected chi connectivity index (χ1v) is 4.87. The normalized spacial score (nSPS) is 21.9. The Hall–Kier alpha value is -1.42. The van der Waals surface area contributed by atoms with Gasteiger partial charge in [0.1, 0.15) is 5.52 Å². The number of nitrogens with zero attached hydrogens (tertiary/aromatic N) is 3. The van der Waals surface area contributed by atoms with E-state index in [9.17, 15) is 0 Å². The van der Waals surface area contributed by atoms with Crippen molar-refractivity contribution in [1.29, 1.82) is 0 Å². The van der Waals surface area contributed by atoms with Crippen molar-refractivity contribution in [2.24, 2.45) is 0 Å². The third-order valence-corrected chi connectivity index (χ3v) is 2.56. The summed E-state index contributed by atoms with van der Waals surface area (Å²) in [6, 6.07) is 7.96. The second-order valence-corrected chi connectivity index (χ2v) is 3.49. The molecule has 0 saturated carbocycles. The average molecular weight is 189 g/mol. The molecule has 0 amide bonds. The molecular weight excluding hydrogens is 178 g/mol. The van der Waals surface area contributed by atoms with Gasteiger partial charge in [-0.3, -0.25) is 0 Å². The van der Waals surface area contributed by atoms with Gasteiger partial charge >= 0.3 is 0 Å². The van der Waals surface area contributed by atoms with Crippen molar-refractivity contribution >= 4 is 11.0 Å². The predicted octanol–water partition coefficient (Wildman–Crippen LogP) is 1.74. The lowest BCUT2D eigenvalue weighted by Crippen LogP contribution is -2.08. The molecule has 3 rings (SSSR count). The monoisotopic (exact) mass is 189 g/mol. The van der Waals surface area contributed by atoms with Crippen molar-refractivity contribution in [3.05, 3.63) is 24.3 Å². The van der Waals surface area contributed by atoms with Crippen LogP contribution < -0.4 is 0 Å². The zero-order chi connectivity index (χ0) is 9.38. The molecule has 1 aliphatic heterocycles. The molecule has 0 radical (unpaired) electrons. The van der Waals surface area contributed by atoms with Gasteiger partial charge in [0.05, 0.1) is 5.52 Å². The van der Waals surface area contributed by atoms with Crippen LogP contribution in [-0.4, -0.2) is 21.6 Å². The summed E-state index contributed by atoms with van der Waals surface area (Å²) in [5.41, 5.74) is 1.99. The molecule has 1 aromatic carbocycles.